The Morgan fingerprint density at radius 3 is 2.00 bits per heavy atom. The highest BCUT2D eigenvalue weighted by molar-refractivity contribution is 9.10. The van der Waals surface area contributed by atoms with Crippen LogP contribution in [0.3, 0.4) is 0 Å². The summed E-state index contributed by atoms with van der Waals surface area (Å²) in [6.07, 6.45) is 8.19. The lowest BCUT2D eigenvalue weighted by Crippen LogP contribution is -2.30. The van der Waals surface area contributed by atoms with Crippen LogP contribution >= 0.6 is 27.5 Å². The molecule has 1 heterocycles. The van der Waals surface area contributed by atoms with E-state index in [1.165, 1.54) is 18.6 Å². The molecule has 2 amide bonds. The Kier molecular flexibility index (Phi) is 9.23. The Balaban J connectivity index is 0.000000615. The molecule has 1 aliphatic carbocycles. The number of likely N-dealkylation sites (tertiary alicyclic amines) is 1. The molecule has 1 aromatic carbocycles. The zero-order chi connectivity index (χ0) is 19.9. The third kappa shape index (κ3) is 5.04. The van der Waals surface area contributed by atoms with E-state index in [2.05, 4.69) is 29.8 Å². The second-order valence-corrected chi connectivity index (χ2v) is 6.91. The fraction of sp³-hybridized carbons (Fsp3) is 0.400. The van der Waals surface area contributed by atoms with Gasteiger partial charge in [-0.25, -0.2) is 4.39 Å². The molecule has 2 unspecified atom stereocenters. The predicted molar refractivity (Wildman–Crippen MR) is 107 cm³/mol. The van der Waals surface area contributed by atoms with Gasteiger partial charge in [0.2, 0.25) is 11.8 Å². The lowest BCUT2D eigenvalue weighted by Gasteiger charge is -2.15. The molecule has 0 N–H and O–H groups in total. The summed E-state index contributed by atoms with van der Waals surface area (Å²) in [5.41, 5.74) is 0.408. The van der Waals surface area contributed by atoms with Gasteiger partial charge in [0, 0.05) is 5.02 Å². The summed E-state index contributed by atoms with van der Waals surface area (Å²) in [6.45, 7) is 8.23. The maximum Gasteiger partial charge on any atom is 0.237 e. The van der Waals surface area contributed by atoms with Crippen molar-refractivity contribution in [2.24, 2.45) is 11.8 Å². The summed E-state index contributed by atoms with van der Waals surface area (Å²) in [5.74, 6) is -1.94. The van der Waals surface area contributed by atoms with Crippen molar-refractivity contribution in [1.82, 2.24) is 4.90 Å². The maximum absolute atomic E-state index is 13.6. The summed E-state index contributed by atoms with van der Waals surface area (Å²) < 4.78 is 13.9. The van der Waals surface area contributed by atoms with E-state index in [1.54, 1.807) is 24.3 Å². The van der Waals surface area contributed by atoms with Crippen LogP contribution in [0.1, 0.15) is 39.7 Å². The molecule has 1 fully saturated rings. The third-order valence-electron chi connectivity index (χ3n) is 3.66. The number of halogens is 3. The maximum atomic E-state index is 13.6. The number of rotatable bonds is 2. The van der Waals surface area contributed by atoms with Crippen LogP contribution in [0.4, 0.5) is 4.39 Å². The van der Waals surface area contributed by atoms with Gasteiger partial charge in [-0.1, -0.05) is 70.0 Å². The zero-order valence-electron chi connectivity index (χ0n) is 15.4. The Labute approximate surface area is 168 Å². The van der Waals surface area contributed by atoms with Crippen molar-refractivity contribution in [3.8, 4) is 0 Å². The largest absolute Gasteiger partial charge is 0.277 e. The van der Waals surface area contributed by atoms with Gasteiger partial charge in [0.1, 0.15) is 5.82 Å². The first kappa shape index (κ1) is 22.6. The second kappa shape index (κ2) is 10.6. The highest BCUT2D eigenvalue weighted by atomic mass is 79.9. The Hall–Kier alpha value is -1.46. The molecule has 0 aromatic heterocycles. The van der Waals surface area contributed by atoms with Crippen LogP contribution in [-0.2, 0) is 16.1 Å². The fourth-order valence-electron chi connectivity index (χ4n) is 2.56. The average Bonchev–Trinajstić information content (AvgIpc) is 2.87. The topological polar surface area (TPSA) is 37.4 Å². The molecule has 1 aromatic rings. The first-order valence-electron chi connectivity index (χ1n) is 8.74. The first-order valence-corrected chi connectivity index (χ1v) is 9.91. The van der Waals surface area contributed by atoms with Crippen molar-refractivity contribution in [3.63, 3.8) is 0 Å². The number of nitrogens with zero attached hydrogens (tertiary/aromatic N) is 1. The molecule has 0 radical (unpaired) electrons. The van der Waals surface area contributed by atoms with Crippen molar-refractivity contribution in [3.05, 3.63) is 57.3 Å². The van der Waals surface area contributed by atoms with Gasteiger partial charge in [-0.2, -0.15) is 0 Å². The van der Waals surface area contributed by atoms with Crippen LogP contribution in [0, 0.1) is 17.7 Å². The number of hydrogen-bond donors (Lipinski definition) is 0. The molecule has 26 heavy (non-hydrogen) atoms. The third-order valence-corrected chi connectivity index (χ3v) is 4.61. The van der Waals surface area contributed by atoms with Gasteiger partial charge in [0.05, 0.1) is 22.9 Å². The van der Waals surface area contributed by atoms with E-state index in [1.807, 2.05) is 13.8 Å². The van der Waals surface area contributed by atoms with E-state index in [-0.39, 0.29) is 22.8 Å². The van der Waals surface area contributed by atoms with Gasteiger partial charge in [0.25, 0.3) is 0 Å². The summed E-state index contributed by atoms with van der Waals surface area (Å²) in [4.78, 5) is 25.7. The lowest BCUT2D eigenvalue weighted by atomic mass is 9.91. The number of benzene rings is 1. The molecule has 1 aliphatic heterocycles. The Morgan fingerprint density at radius 2 is 1.54 bits per heavy atom. The summed E-state index contributed by atoms with van der Waals surface area (Å²) in [6, 6.07) is 2.66. The molecular formula is C20H24BrClFNO2. The molecule has 2 atom stereocenters. The quantitative estimate of drug-likeness (QED) is 0.420. The monoisotopic (exact) mass is 443 g/mol. The number of fused-ring (bicyclic) bond motifs is 1. The number of hydrogen-bond acceptors (Lipinski definition) is 2. The normalized spacial score (nSPS) is 20.2. The summed E-state index contributed by atoms with van der Waals surface area (Å²) in [7, 11) is 0. The van der Waals surface area contributed by atoms with Gasteiger partial charge < -0.3 is 0 Å². The molecule has 2 aliphatic rings. The van der Waals surface area contributed by atoms with Crippen LogP contribution < -0.4 is 0 Å². The summed E-state index contributed by atoms with van der Waals surface area (Å²) in [5, 5.41) is 0.310. The van der Waals surface area contributed by atoms with Gasteiger partial charge in [-0.3, -0.25) is 14.5 Å². The molecule has 0 bridgehead atoms. The van der Waals surface area contributed by atoms with E-state index in [0.717, 1.165) is 4.90 Å². The molecular weight excluding hydrogens is 421 g/mol. The van der Waals surface area contributed by atoms with E-state index in [9.17, 15) is 14.0 Å². The van der Waals surface area contributed by atoms with Crippen LogP contribution in [0.2, 0.25) is 5.02 Å². The lowest BCUT2D eigenvalue weighted by molar-refractivity contribution is -0.140. The highest BCUT2D eigenvalue weighted by Crippen LogP contribution is 2.33. The highest BCUT2D eigenvalue weighted by Gasteiger charge is 2.45. The van der Waals surface area contributed by atoms with Crippen LogP contribution in [0.5, 0.6) is 0 Å². The number of carbonyl (C=O) groups is 2. The number of imide groups is 1. The van der Waals surface area contributed by atoms with Crippen LogP contribution in [-0.4, -0.2) is 16.7 Å². The molecule has 6 heteroatoms. The standard InChI is InChI=1S/C15H10BrClFNO2.C3H8.C2H6/c16-11-6-12(17)8(5-13(11)18)7-19-14(20)9-3-1-2-4-10(9)15(19)21;1-3-2;1-2/h1-6,9-10H,7H2;3H2,1-2H3;1-2H3. The molecule has 1 saturated heterocycles. The van der Waals surface area contributed by atoms with Crippen molar-refractivity contribution in [2.75, 3.05) is 0 Å². The van der Waals surface area contributed by atoms with Crippen LogP contribution in [0.15, 0.2) is 40.9 Å². The predicted octanol–water partition coefficient (Wildman–Crippen LogP) is 5.91. The minimum atomic E-state index is -0.481. The van der Waals surface area contributed by atoms with Gasteiger partial charge in [-0.15, -0.1) is 0 Å². The molecule has 0 saturated carbocycles. The van der Waals surface area contributed by atoms with Crippen LogP contribution in [0.25, 0.3) is 0 Å². The Morgan fingerprint density at radius 1 is 1.08 bits per heavy atom. The van der Waals surface area contributed by atoms with Crippen molar-refractivity contribution in [2.45, 2.75) is 40.7 Å². The molecule has 3 nitrogen and oxygen atoms in total. The first-order chi connectivity index (χ1) is 12.4. The van der Waals surface area contributed by atoms with Crippen molar-refractivity contribution >= 4 is 39.3 Å². The second-order valence-electron chi connectivity index (χ2n) is 5.65. The van der Waals surface area contributed by atoms with E-state index < -0.39 is 17.7 Å². The smallest absolute Gasteiger partial charge is 0.237 e. The zero-order valence-corrected chi connectivity index (χ0v) is 17.8. The van der Waals surface area contributed by atoms with Gasteiger partial charge in [-0.05, 0) is 33.6 Å². The minimum absolute atomic E-state index is 0.0185. The minimum Gasteiger partial charge on any atom is -0.277 e. The molecule has 0 spiro atoms. The van der Waals surface area contributed by atoms with Crippen molar-refractivity contribution in [1.29, 1.82) is 0 Å². The van der Waals surface area contributed by atoms with Gasteiger partial charge >= 0.3 is 0 Å². The number of amides is 2. The van der Waals surface area contributed by atoms with Crippen molar-refractivity contribution < 1.29 is 14.0 Å². The van der Waals surface area contributed by atoms with E-state index in [4.69, 9.17) is 11.6 Å². The SMILES string of the molecule is CC.CCC.O=C1C2C=CC=CC2C(=O)N1Cc1cc(F)c(Br)cc1Cl. The van der Waals surface area contributed by atoms with E-state index in [0.29, 0.717) is 10.6 Å². The number of allylic oxidation sites excluding steroid dienone is 2. The van der Waals surface area contributed by atoms with E-state index >= 15 is 0 Å². The molecule has 142 valence electrons. The molecule has 3 rings (SSSR count). The Bertz CT molecular complexity index is 688. The average molecular weight is 445 g/mol. The van der Waals surface area contributed by atoms with Gasteiger partial charge in [0.15, 0.2) is 0 Å². The number of carbonyl (C=O) groups excluding carboxylic acids is 2. The fourth-order valence-corrected chi connectivity index (χ4v) is 3.26. The summed E-state index contributed by atoms with van der Waals surface area (Å²) >= 11 is 9.10.